The Morgan fingerprint density at radius 2 is 2.00 bits per heavy atom. The van der Waals surface area contributed by atoms with E-state index in [0.717, 1.165) is 11.1 Å². The first-order chi connectivity index (χ1) is 10.2. The second-order valence-electron chi connectivity index (χ2n) is 4.42. The Kier molecular flexibility index (Phi) is 3.50. The standard InChI is InChI=1S/C15H12ClN3O2/c1-21-13-5-3-12(4-6-13)18-15(20)19-14-7-2-11(16)8-10(14)9-17-19/h2-9H,1H3,(H,18,20). The monoisotopic (exact) mass is 301 g/mol. The number of amides is 1. The first-order valence-corrected chi connectivity index (χ1v) is 6.64. The van der Waals surface area contributed by atoms with Crippen LogP contribution in [0.2, 0.25) is 5.02 Å². The van der Waals surface area contributed by atoms with Crippen LogP contribution in [0.1, 0.15) is 0 Å². The van der Waals surface area contributed by atoms with Crippen LogP contribution in [0.15, 0.2) is 48.7 Å². The first kappa shape index (κ1) is 13.5. The number of hydrogen-bond donors (Lipinski definition) is 1. The number of nitrogens with zero attached hydrogens (tertiary/aromatic N) is 2. The predicted molar refractivity (Wildman–Crippen MR) is 82.2 cm³/mol. The molecule has 0 saturated heterocycles. The Morgan fingerprint density at radius 1 is 1.24 bits per heavy atom. The van der Waals surface area contributed by atoms with Crippen LogP contribution in [0.25, 0.3) is 10.9 Å². The molecule has 0 aliphatic heterocycles. The third-order valence-electron chi connectivity index (χ3n) is 3.06. The molecule has 0 atom stereocenters. The number of fused-ring (bicyclic) bond motifs is 1. The van der Waals surface area contributed by atoms with Crippen LogP contribution in [0.4, 0.5) is 10.5 Å². The van der Waals surface area contributed by atoms with Crippen LogP contribution in [0.3, 0.4) is 0 Å². The highest BCUT2D eigenvalue weighted by Crippen LogP contribution is 2.20. The van der Waals surface area contributed by atoms with Gasteiger partial charge in [-0.2, -0.15) is 9.78 Å². The molecule has 1 aromatic heterocycles. The number of ether oxygens (including phenoxy) is 1. The average Bonchev–Trinajstić information content (AvgIpc) is 2.91. The molecule has 0 bridgehead atoms. The maximum atomic E-state index is 12.3. The number of rotatable bonds is 2. The van der Waals surface area contributed by atoms with E-state index in [-0.39, 0.29) is 6.03 Å². The molecule has 1 N–H and O–H groups in total. The minimum absolute atomic E-state index is 0.336. The molecule has 6 heteroatoms. The average molecular weight is 302 g/mol. The molecule has 21 heavy (non-hydrogen) atoms. The van der Waals surface area contributed by atoms with Crippen LogP contribution in [-0.2, 0) is 0 Å². The van der Waals surface area contributed by atoms with Gasteiger partial charge in [0.05, 0.1) is 18.8 Å². The van der Waals surface area contributed by atoms with Gasteiger partial charge in [0.1, 0.15) is 5.75 Å². The number of halogens is 1. The number of nitrogens with one attached hydrogen (secondary N) is 1. The number of carbonyl (C=O) groups excluding carboxylic acids is 1. The third kappa shape index (κ3) is 2.68. The second-order valence-corrected chi connectivity index (χ2v) is 4.85. The van der Waals surface area contributed by atoms with Crippen LogP contribution in [-0.4, -0.2) is 22.9 Å². The Hall–Kier alpha value is -2.53. The topological polar surface area (TPSA) is 56.1 Å². The molecule has 0 aliphatic carbocycles. The van der Waals surface area contributed by atoms with Gasteiger partial charge in [0, 0.05) is 16.1 Å². The minimum Gasteiger partial charge on any atom is -0.497 e. The molecule has 0 radical (unpaired) electrons. The molecule has 1 heterocycles. The quantitative estimate of drug-likeness (QED) is 0.783. The van der Waals surface area contributed by atoms with E-state index in [1.54, 1.807) is 55.8 Å². The molecule has 0 saturated carbocycles. The third-order valence-corrected chi connectivity index (χ3v) is 3.30. The van der Waals surface area contributed by atoms with Gasteiger partial charge in [0.2, 0.25) is 0 Å². The van der Waals surface area contributed by atoms with Crippen LogP contribution in [0.5, 0.6) is 5.75 Å². The Balaban J connectivity index is 1.86. The molecule has 5 nitrogen and oxygen atoms in total. The molecule has 0 fully saturated rings. The van der Waals surface area contributed by atoms with Crippen molar-refractivity contribution in [1.29, 1.82) is 0 Å². The van der Waals surface area contributed by atoms with Gasteiger partial charge in [-0.05, 0) is 42.5 Å². The van der Waals surface area contributed by atoms with Crippen molar-refractivity contribution < 1.29 is 9.53 Å². The Morgan fingerprint density at radius 3 is 2.71 bits per heavy atom. The SMILES string of the molecule is COc1ccc(NC(=O)n2ncc3cc(Cl)ccc32)cc1. The van der Waals surface area contributed by atoms with Crippen molar-refractivity contribution in [1.82, 2.24) is 9.78 Å². The molecule has 106 valence electrons. The second kappa shape index (κ2) is 5.46. The first-order valence-electron chi connectivity index (χ1n) is 6.26. The summed E-state index contributed by atoms with van der Waals surface area (Å²) in [5.74, 6) is 0.729. The van der Waals surface area contributed by atoms with Crippen molar-refractivity contribution in [2.45, 2.75) is 0 Å². The zero-order chi connectivity index (χ0) is 14.8. The number of hydrogen-bond acceptors (Lipinski definition) is 3. The van der Waals surface area contributed by atoms with Gasteiger partial charge in [-0.15, -0.1) is 0 Å². The molecule has 1 amide bonds. The normalized spacial score (nSPS) is 10.6. The highest BCUT2D eigenvalue weighted by molar-refractivity contribution is 6.31. The highest BCUT2D eigenvalue weighted by Gasteiger charge is 2.11. The largest absolute Gasteiger partial charge is 0.497 e. The van der Waals surface area contributed by atoms with Crippen LogP contribution in [0, 0.1) is 0 Å². The summed E-state index contributed by atoms with van der Waals surface area (Å²) in [6.45, 7) is 0. The summed E-state index contributed by atoms with van der Waals surface area (Å²) >= 11 is 5.92. The van der Waals surface area contributed by atoms with Gasteiger partial charge in [-0.3, -0.25) is 0 Å². The van der Waals surface area contributed by atoms with Gasteiger partial charge in [-0.25, -0.2) is 4.79 Å². The number of carbonyl (C=O) groups is 1. The summed E-state index contributed by atoms with van der Waals surface area (Å²) in [4.78, 5) is 12.3. The zero-order valence-corrected chi connectivity index (χ0v) is 12.0. The summed E-state index contributed by atoms with van der Waals surface area (Å²) in [6, 6.07) is 12.0. The number of aromatic nitrogens is 2. The Labute approximate surface area is 126 Å². The molecule has 0 unspecified atom stereocenters. The Bertz CT molecular complexity index is 796. The summed E-state index contributed by atoms with van der Waals surface area (Å²) in [5, 5.41) is 8.28. The van der Waals surface area contributed by atoms with Gasteiger partial charge in [0.15, 0.2) is 0 Å². The number of benzene rings is 2. The van der Waals surface area contributed by atoms with Crippen molar-refractivity contribution in [3.05, 3.63) is 53.7 Å². The fourth-order valence-corrected chi connectivity index (χ4v) is 2.20. The van der Waals surface area contributed by atoms with Crippen molar-refractivity contribution >= 4 is 34.2 Å². The number of methoxy groups -OCH3 is 1. The summed E-state index contributed by atoms with van der Waals surface area (Å²) < 4.78 is 6.37. The fraction of sp³-hybridized carbons (Fsp3) is 0.0667. The van der Waals surface area contributed by atoms with E-state index in [1.165, 1.54) is 4.68 Å². The summed E-state index contributed by atoms with van der Waals surface area (Å²) in [7, 11) is 1.59. The van der Waals surface area contributed by atoms with Crippen LogP contribution < -0.4 is 10.1 Å². The van der Waals surface area contributed by atoms with Crippen molar-refractivity contribution in [2.75, 3.05) is 12.4 Å². The van der Waals surface area contributed by atoms with Crippen LogP contribution >= 0.6 is 11.6 Å². The van der Waals surface area contributed by atoms with Gasteiger partial charge in [-0.1, -0.05) is 11.6 Å². The maximum absolute atomic E-state index is 12.3. The van der Waals surface area contributed by atoms with Crippen molar-refractivity contribution in [3.63, 3.8) is 0 Å². The molecule has 0 spiro atoms. The predicted octanol–water partition coefficient (Wildman–Crippen LogP) is 3.78. The summed E-state index contributed by atoms with van der Waals surface area (Å²) in [5.41, 5.74) is 1.36. The molecule has 3 rings (SSSR count). The molecular weight excluding hydrogens is 290 g/mol. The molecule has 0 aliphatic rings. The lowest BCUT2D eigenvalue weighted by molar-refractivity contribution is 0.252. The van der Waals surface area contributed by atoms with Gasteiger partial charge in [0.25, 0.3) is 0 Å². The lowest BCUT2D eigenvalue weighted by Gasteiger charge is -2.07. The van der Waals surface area contributed by atoms with E-state index < -0.39 is 0 Å². The van der Waals surface area contributed by atoms with E-state index in [4.69, 9.17) is 16.3 Å². The number of anilines is 1. The van der Waals surface area contributed by atoms with E-state index in [0.29, 0.717) is 16.2 Å². The van der Waals surface area contributed by atoms with Gasteiger partial charge >= 0.3 is 6.03 Å². The van der Waals surface area contributed by atoms with Crippen molar-refractivity contribution in [3.8, 4) is 5.75 Å². The van der Waals surface area contributed by atoms with Gasteiger partial charge < -0.3 is 10.1 Å². The van der Waals surface area contributed by atoms with E-state index in [9.17, 15) is 4.79 Å². The van der Waals surface area contributed by atoms with E-state index in [1.807, 2.05) is 0 Å². The maximum Gasteiger partial charge on any atom is 0.347 e. The highest BCUT2D eigenvalue weighted by atomic mass is 35.5. The minimum atomic E-state index is -0.336. The zero-order valence-electron chi connectivity index (χ0n) is 11.2. The molecule has 2 aromatic carbocycles. The molecule has 3 aromatic rings. The van der Waals surface area contributed by atoms with E-state index in [2.05, 4.69) is 10.4 Å². The lowest BCUT2D eigenvalue weighted by atomic mass is 10.2. The fourth-order valence-electron chi connectivity index (χ4n) is 2.02. The smallest absolute Gasteiger partial charge is 0.347 e. The van der Waals surface area contributed by atoms with Crippen molar-refractivity contribution in [2.24, 2.45) is 0 Å². The molecular formula is C15H12ClN3O2. The lowest BCUT2D eigenvalue weighted by Crippen LogP contribution is -2.20. The van der Waals surface area contributed by atoms with E-state index >= 15 is 0 Å². The summed E-state index contributed by atoms with van der Waals surface area (Å²) in [6.07, 6.45) is 1.61.